The van der Waals surface area contributed by atoms with E-state index in [-0.39, 0.29) is 5.56 Å². The largest absolute Gasteiger partial charge is 0.465 e. The minimum absolute atomic E-state index is 0.151. The summed E-state index contributed by atoms with van der Waals surface area (Å²) >= 11 is 0. The Kier molecular flexibility index (Phi) is 5.21. The predicted octanol–water partition coefficient (Wildman–Crippen LogP) is 4.56. The molecule has 0 aliphatic carbocycles. The van der Waals surface area contributed by atoms with Crippen LogP contribution in [0.4, 0.5) is 0 Å². The molecular weight excluding hydrogens is 326 g/mol. The summed E-state index contributed by atoms with van der Waals surface area (Å²) in [6, 6.07) is 15.2. The van der Waals surface area contributed by atoms with Gasteiger partial charge in [-0.05, 0) is 25.0 Å². The molecule has 26 heavy (non-hydrogen) atoms. The van der Waals surface area contributed by atoms with Crippen molar-refractivity contribution in [1.29, 1.82) is 0 Å². The number of hydrogen-bond acceptors (Lipinski definition) is 3. The molecule has 1 aromatic heterocycles. The second-order valence-corrected chi connectivity index (χ2v) is 6.44. The van der Waals surface area contributed by atoms with Gasteiger partial charge < -0.3 is 9.30 Å². The van der Waals surface area contributed by atoms with Crippen molar-refractivity contribution >= 4 is 16.9 Å². The second-order valence-electron chi connectivity index (χ2n) is 6.44. The Morgan fingerprint density at radius 2 is 1.77 bits per heavy atom. The smallest absolute Gasteiger partial charge is 0.339 e. The van der Waals surface area contributed by atoms with Crippen LogP contribution in [0.3, 0.4) is 0 Å². The van der Waals surface area contributed by atoms with E-state index in [2.05, 4.69) is 6.92 Å². The summed E-state index contributed by atoms with van der Waals surface area (Å²) in [4.78, 5) is 26.0. The maximum Gasteiger partial charge on any atom is 0.339 e. The Balaban J connectivity index is 2.43. The summed E-state index contributed by atoms with van der Waals surface area (Å²) in [5.41, 5.74) is 3.19. The monoisotopic (exact) mass is 349 g/mol. The molecule has 0 aliphatic heterocycles. The van der Waals surface area contributed by atoms with Gasteiger partial charge in [-0.15, -0.1) is 0 Å². The zero-order valence-corrected chi connectivity index (χ0v) is 15.4. The summed E-state index contributed by atoms with van der Waals surface area (Å²) in [6.45, 7) is 4.71. The normalized spacial score (nSPS) is 10.9. The average molecular weight is 349 g/mol. The van der Waals surface area contributed by atoms with Crippen LogP contribution in [0.25, 0.3) is 22.0 Å². The number of aryl methyl sites for hydroxylation is 2. The van der Waals surface area contributed by atoms with Crippen molar-refractivity contribution in [3.63, 3.8) is 0 Å². The Morgan fingerprint density at radius 3 is 2.42 bits per heavy atom. The number of aromatic nitrogens is 1. The van der Waals surface area contributed by atoms with Crippen LogP contribution in [0, 0.1) is 6.92 Å². The lowest BCUT2D eigenvalue weighted by Crippen LogP contribution is -2.26. The Hall–Kier alpha value is -2.88. The molecule has 0 atom stereocenters. The number of rotatable bonds is 5. The van der Waals surface area contributed by atoms with Crippen LogP contribution in [0.15, 0.2) is 53.3 Å². The van der Waals surface area contributed by atoms with Gasteiger partial charge in [0, 0.05) is 11.9 Å². The van der Waals surface area contributed by atoms with Gasteiger partial charge in [-0.25, -0.2) is 4.79 Å². The number of methoxy groups -OCH3 is 1. The van der Waals surface area contributed by atoms with Gasteiger partial charge in [-0.2, -0.15) is 0 Å². The average Bonchev–Trinajstić information content (AvgIpc) is 2.67. The van der Waals surface area contributed by atoms with Crippen LogP contribution in [-0.4, -0.2) is 17.6 Å². The number of fused-ring (bicyclic) bond motifs is 1. The number of carbonyl (C=O) groups excluding carboxylic acids is 1. The van der Waals surface area contributed by atoms with Crippen LogP contribution in [0.5, 0.6) is 0 Å². The zero-order valence-electron chi connectivity index (χ0n) is 15.4. The molecule has 2 aromatic carbocycles. The molecule has 0 amide bonds. The number of para-hydroxylation sites is 1. The minimum Gasteiger partial charge on any atom is -0.465 e. The number of pyridine rings is 1. The lowest BCUT2D eigenvalue weighted by molar-refractivity contribution is 0.0603. The van der Waals surface area contributed by atoms with E-state index < -0.39 is 5.97 Å². The third-order valence-electron chi connectivity index (χ3n) is 4.64. The van der Waals surface area contributed by atoms with Crippen molar-refractivity contribution in [2.45, 2.75) is 33.2 Å². The highest BCUT2D eigenvalue weighted by Gasteiger charge is 2.23. The third kappa shape index (κ3) is 3.15. The molecule has 3 rings (SSSR count). The van der Waals surface area contributed by atoms with Gasteiger partial charge in [0.2, 0.25) is 0 Å². The van der Waals surface area contributed by atoms with Crippen molar-refractivity contribution in [3.8, 4) is 11.1 Å². The van der Waals surface area contributed by atoms with Gasteiger partial charge in [0.1, 0.15) is 0 Å². The first kappa shape index (κ1) is 17.9. The lowest BCUT2D eigenvalue weighted by atomic mass is 9.96. The van der Waals surface area contributed by atoms with E-state index in [4.69, 9.17) is 4.74 Å². The maximum absolute atomic E-state index is 13.4. The molecule has 0 aliphatic rings. The standard InChI is InChI=1S/C22H23NO3/c1-4-5-14-23-18-9-7-6-8-17(18)20(22(25)26-3)19(21(23)24)16-12-10-15(2)11-13-16/h6-13H,4-5,14H2,1-3H3. The van der Waals surface area contributed by atoms with E-state index >= 15 is 0 Å². The van der Waals surface area contributed by atoms with Gasteiger partial charge in [-0.1, -0.05) is 61.4 Å². The highest BCUT2D eigenvalue weighted by Crippen LogP contribution is 2.28. The number of unbranched alkanes of at least 4 members (excludes halogenated alkanes) is 1. The van der Waals surface area contributed by atoms with Gasteiger partial charge in [-0.3, -0.25) is 4.79 Å². The Morgan fingerprint density at radius 1 is 1.08 bits per heavy atom. The molecule has 0 radical (unpaired) electrons. The molecule has 3 aromatic rings. The molecule has 0 spiro atoms. The lowest BCUT2D eigenvalue weighted by Gasteiger charge is -2.17. The molecule has 0 unspecified atom stereocenters. The molecule has 4 heteroatoms. The van der Waals surface area contributed by atoms with Crippen molar-refractivity contribution < 1.29 is 9.53 Å². The maximum atomic E-state index is 13.4. The first-order chi connectivity index (χ1) is 12.6. The SMILES string of the molecule is CCCCn1c(=O)c(-c2ccc(C)cc2)c(C(=O)OC)c2ccccc21. The minimum atomic E-state index is -0.489. The van der Waals surface area contributed by atoms with Crippen LogP contribution in [0.2, 0.25) is 0 Å². The van der Waals surface area contributed by atoms with Gasteiger partial charge in [0.05, 0.1) is 23.8 Å². The third-order valence-corrected chi connectivity index (χ3v) is 4.64. The van der Waals surface area contributed by atoms with E-state index in [1.54, 1.807) is 4.57 Å². The van der Waals surface area contributed by atoms with Gasteiger partial charge >= 0.3 is 5.97 Å². The first-order valence-electron chi connectivity index (χ1n) is 8.89. The number of esters is 1. The van der Waals surface area contributed by atoms with Crippen molar-refractivity contribution in [2.75, 3.05) is 7.11 Å². The van der Waals surface area contributed by atoms with E-state index in [1.165, 1.54) is 7.11 Å². The van der Waals surface area contributed by atoms with Gasteiger partial charge in [0.25, 0.3) is 5.56 Å². The summed E-state index contributed by atoms with van der Waals surface area (Å²) < 4.78 is 6.80. The molecule has 0 saturated heterocycles. The van der Waals surface area contributed by atoms with E-state index in [0.717, 1.165) is 34.9 Å². The second kappa shape index (κ2) is 7.56. The molecular formula is C22H23NO3. The number of benzene rings is 2. The van der Waals surface area contributed by atoms with Crippen LogP contribution in [0.1, 0.15) is 35.7 Å². The molecule has 0 fully saturated rings. The fourth-order valence-corrected chi connectivity index (χ4v) is 3.25. The van der Waals surface area contributed by atoms with Gasteiger partial charge in [0.15, 0.2) is 0 Å². The first-order valence-corrected chi connectivity index (χ1v) is 8.89. The highest BCUT2D eigenvalue weighted by molar-refractivity contribution is 6.09. The number of ether oxygens (including phenoxy) is 1. The molecule has 0 bridgehead atoms. The summed E-state index contributed by atoms with van der Waals surface area (Å²) in [7, 11) is 1.35. The highest BCUT2D eigenvalue weighted by atomic mass is 16.5. The fraction of sp³-hybridized carbons (Fsp3) is 0.273. The summed E-state index contributed by atoms with van der Waals surface area (Å²) in [6.07, 6.45) is 1.88. The molecule has 1 heterocycles. The van der Waals surface area contributed by atoms with E-state index in [1.807, 2.05) is 55.5 Å². The molecule has 134 valence electrons. The predicted molar refractivity (Wildman–Crippen MR) is 105 cm³/mol. The van der Waals surface area contributed by atoms with Crippen LogP contribution in [-0.2, 0) is 11.3 Å². The van der Waals surface area contributed by atoms with E-state index in [9.17, 15) is 9.59 Å². The van der Waals surface area contributed by atoms with E-state index in [0.29, 0.717) is 17.7 Å². The summed E-state index contributed by atoms with van der Waals surface area (Å²) in [5, 5.41) is 0.741. The number of carbonyl (C=O) groups is 1. The van der Waals surface area contributed by atoms with Crippen LogP contribution < -0.4 is 5.56 Å². The Labute approximate surface area is 153 Å². The quantitative estimate of drug-likeness (QED) is 0.634. The fourth-order valence-electron chi connectivity index (χ4n) is 3.25. The van der Waals surface area contributed by atoms with Crippen LogP contribution >= 0.6 is 0 Å². The van der Waals surface area contributed by atoms with Crippen molar-refractivity contribution in [1.82, 2.24) is 4.57 Å². The molecule has 0 saturated carbocycles. The summed E-state index contributed by atoms with van der Waals surface area (Å²) in [5.74, 6) is -0.489. The number of hydrogen-bond donors (Lipinski definition) is 0. The molecule has 4 nitrogen and oxygen atoms in total. The van der Waals surface area contributed by atoms with Crippen molar-refractivity contribution in [3.05, 3.63) is 70.0 Å². The Bertz CT molecular complexity index is 1000. The zero-order chi connectivity index (χ0) is 18.7. The number of nitrogens with zero attached hydrogens (tertiary/aromatic N) is 1. The molecule has 0 N–H and O–H groups in total. The topological polar surface area (TPSA) is 48.3 Å². The van der Waals surface area contributed by atoms with Crippen molar-refractivity contribution in [2.24, 2.45) is 0 Å².